The first kappa shape index (κ1) is 6.99. The van der Waals surface area contributed by atoms with Crippen molar-refractivity contribution in [2.75, 3.05) is 6.54 Å². The van der Waals surface area contributed by atoms with Gasteiger partial charge in [0.25, 0.3) is 0 Å². The molecule has 2 fully saturated rings. The Hall–Kier alpha value is -0.460. The van der Waals surface area contributed by atoms with Crippen LogP contribution in [0.25, 0.3) is 0 Å². The van der Waals surface area contributed by atoms with E-state index in [2.05, 4.69) is 11.0 Å². The molecule has 3 aliphatic rings. The summed E-state index contributed by atoms with van der Waals surface area (Å²) in [7, 11) is 0. The molecule has 66 valence electrons. The lowest BCUT2D eigenvalue weighted by Crippen LogP contribution is -2.22. The number of fused-ring (bicyclic) bond motifs is 1. The number of rotatable bonds is 1. The number of hydrogen-bond donors (Lipinski definition) is 0. The summed E-state index contributed by atoms with van der Waals surface area (Å²) in [5, 5.41) is 0. The topological polar surface area (TPSA) is 3.24 Å². The molecule has 0 amide bonds. The lowest BCUT2D eigenvalue weighted by molar-refractivity contribution is 0.370. The summed E-state index contributed by atoms with van der Waals surface area (Å²) in [6.45, 7) is 1.36. The third kappa shape index (κ3) is 0.988. The van der Waals surface area contributed by atoms with Crippen molar-refractivity contribution in [3.63, 3.8) is 0 Å². The largest absolute Gasteiger partial charge is 0.372 e. The van der Waals surface area contributed by atoms with Crippen LogP contribution in [0.5, 0.6) is 0 Å². The maximum atomic E-state index is 2.70. The van der Waals surface area contributed by atoms with Crippen LogP contribution in [0.4, 0.5) is 0 Å². The van der Waals surface area contributed by atoms with E-state index in [1.54, 1.807) is 5.70 Å². The summed E-state index contributed by atoms with van der Waals surface area (Å²) < 4.78 is 0. The normalized spacial score (nSPS) is 34.8. The summed E-state index contributed by atoms with van der Waals surface area (Å²) in [6, 6.07) is 0.958. The third-order valence-corrected chi connectivity index (χ3v) is 3.57. The molecule has 12 heavy (non-hydrogen) atoms. The molecule has 1 unspecified atom stereocenters. The number of allylic oxidation sites excluding steroid dienone is 2. The molecule has 1 saturated heterocycles. The Bertz CT molecular complexity index is 215. The molecular formula is C11H17N. The van der Waals surface area contributed by atoms with Crippen LogP contribution in [0, 0.1) is 5.92 Å². The van der Waals surface area contributed by atoms with Crippen LogP contribution in [0.2, 0.25) is 0 Å². The summed E-state index contributed by atoms with van der Waals surface area (Å²) in [5.74, 6) is 0.958. The Balaban J connectivity index is 1.83. The van der Waals surface area contributed by atoms with Crippen LogP contribution >= 0.6 is 0 Å². The highest BCUT2D eigenvalue weighted by atomic mass is 15.2. The molecule has 1 nitrogen and oxygen atoms in total. The predicted molar refractivity (Wildman–Crippen MR) is 49.8 cm³/mol. The Morgan fingerprint density at radius 2 is 2.08 bits per heavy atom. The number of nitrogens with zero attached hydrogens (tertiary/aromatic N) is 1. The fraction of sp³-hybridized carbons (Fsp3) is 0.818. The predicted octanol–water partition coefficient (Wildman–Crippen LogP) is 2.54. The van der Waals surface area contributed by atoms with Crippen molar-refractivity contribution >= 4 is 0 Å². The standard InChI is InChI=1S/C11H17N/c1-2-4-11-9(3-1)7-8-12(11)10-5-6-10/h4,9-10H,1-3,5-8H2. The lowest BCUT2D eigenvalue weighted by Gasteiger charge is -2.24. The molecule has 1 heteroatoms. The number of hydrogen-bond acceptors (Lipinski definition) is 1. The van der Waals surface area contributed by atoms with Crippen molar-refractivity contribution < 1.29 is 0 Å². The van der Waals surface area contributed by atoms with Crippen LogP contribution in [0.1, 0.15) is 38.5 Å². The van der Waals surface area contributed by atoms with Crippen molar-refractivity contribution in [3.8, 4) is 0 Å². The van der Waals surface area contributed by atoms with Gasteiger partial charge in [0.05, 0.1) is 0 Å². The van der Waals surface area contributed by atoms with Crippen molar-refractivity contribution in [2.45, 2.75) is 44.6 Å². The van der Waals surface area contributed by atoms with E-state index in [1.807, 2.05) is 0 Å². The second kappa shape index (κ2) is 2.51. The van der Waals surface area contributed by atoms with Gasteiger partial charge < -0.3 is 4.90 Å². The van der Waals surface area contributed by atoms with Gasteiger partial charge in [0.2, 0.25) is 0 Å². The third-order valence-electron chi connectivity index (χ3n) is 3.57. The average Bonchev–Trinajstić information content (AvgIpc) is 2.86. The zero-order valence-corrected chi connectivity index (χ0v) is 7.63. The summed E-state index contributed by atoms with van der Waals surface area (Å²) in [5.41, 5.74) is 1.73. The monoisotopic (exact) mass is 163 g/mol. The smallest absolute Gasteiger partial charge is 0.0288 e. The molecule has 0 radical (unpaired) electrons. The SMILES string of the molecule is C1=C2C(CCC1)CCN2C1CC1. The van der Waals surface area contributed by atoms with Crippen molar-refractivity contribution in [1.29, 1.82) is 0 Å². The van der Waals surface area contributed by atoms with Gasteiger partial charge in [0.15, 0.2) is 0 Å². The Morgan fingerprint density at radius 1 is 1.17 bits per heavy atom. The number of likely N-dealkylation sites (tertiary alicyclic amines) is 1. The first-order valence-corrected chi connectivity index (χ1v) is 5.42. The van der Waals surface area contributed by atoms with Crippen molar-refractivity contribution in [2.24, 2.45) is 5.92 Å². The van der Waals surface area contributed by atoms with Gasteiger partial charge in [-0.1, -0.05) is 6.08 Å². The Labute approximate surface area is 74.4 Å². The molecule has 2 aliphatic carbocycles. The molecule has 0 aromatic heterocycles. The second-order valence-electron chi connectivity index (χ2n) is 4.47. The molecule has 0 aromatic carbocycles. The van der Waals surface area contributed by atoms with Gasteiger partial charge >= 0.3 is 0 Å². The molecular weight excluding hydrogens is 146 g/mol. The van der Waals surface area contributed by atoms with Crippen LogP contribution in [-0.4, -0.2) is 17.5 Å². The molecule has 1 atom stereocenters. The highest BCUT2D eigenvalue weighted by molar-refractivity contribution is 5.16. The van der Waals surface area contributed by atoms with Gasteiger partial charge in [-0.2, -0.15) is 0 Å². The van der Waals surface area contributed by atoms with Crippen LogP contribution in [0.15, 0.2) is 11.8 Å². The minimum absolute atomic E-state index is 0.958. The first-order valence-electron chi connectivity index (χ1n) is 5.42. The van der Waals surface area contributed by atoms with Gasteiger partial charge in [-0.3, -0.25) is 0 Å². The van der Waals surface area contributed by atoms with E-state index in [0.29, 0.717) is 0 Å². The minimum atomic E-state index is 0.958. The molecule has 0 spiro atoms. The molecule has 3 rings (SSSR count). The Morgan fingerprint density at radius 3 is 2.92 bits per heavy atom. The fourth-order valence-electron chi connectivity index (χ4n) is 2.78. The molecule has 0 bridgehead atoms. The maximum absolute atomic E-state index is 2.70. The minimum Gasteiger partial charge on any atom is -0.372 e. The molecule has 1 saturated carbocycles. The zero-order valence-electron chi connectivity index (χ0n) is 7.63. The van der Waals surface area contributed by atoms with E-state index >= 15 is 0 Å². The van der Waals surface area contributed by atoms with Gasteiger partial charge in [-0.15, -0.1) is 0 Å². The molecule has 1 heterocycles. The van der Waals surface area contributed by atoms with Crippen LogP contribution in [0.3, 0.4) is 0 Å². The van der Waals surface area contributed by atoms with E-state index in [9.17, 15) is 0 Å². The van der Waals surface area contributed by atoms with E-state index in [1.165, 1.54) is 45.1 Å². The van der Waals surface area contributed by atoms with E-state index in [4.69, 9.17) is 0 Å². The average molecular weight is 163 g/mol. The van der Waals surface area contributed by atoms with Crippen molar-refractivity contribution in [1.82, 2.24) is 4.90 Å². The molecule has 1 aliphatic heterocycles. The quantitative estimate of drug-likeness (QED) is 0.574. The van der Waals surface area contributed by atoms with Gasteiger partial charge in [0.1, 0.15) is 0 Å². The van der Waals surface area contributed by atoms with E-state index in [0.717, 1.165) is 12.0 Å². The van der Waals surface area contributed by atoms with Crippen LogP contribution < -0.4 is 0 Å². The second-order valence-corrected chi connectivity index (χ2v) is 4.47. The highest BCUT2D eigenvalue weighted by Gasteiger charge is 2.37. The molecule has 0 N–H and O–H groups in total. The highest BCUT2D eigenvalue weighted by Crippen LogP contribution is 2.42. The van der Waals surface area contributed by atoms with E-state index in [-0.39, 0.29) is 0 Å². The van der Waals surface area contributed by atoms with Gasteiger partial charge in [-0.25, -0.2) is 0 Å². The summed E-state index contributed by atoms with van der Waals surface area (Å²) >= 11 is 0. The summed E-state index contributed by atoms with van der Waals surface area (Å²) in [4.78, 5) is 2.70. The maximum Gasteiger partial charge on any atom is 0.0288 e. The van der Waals surface area contributed by atoms with Gasteiger partial charge in [-0.05, 0) is 38.5 Å². The van der Waals surface area contributed by atoms with Crippen molar-refractivity contribution in [3.05, 3.63) is 11.8 Å². The Kier molecular flexibility index (Phi) is 1.46. The van der Waals surface area contributed by atoms with Crippen LogP contribution in [-0.2, 0) is 0 Å². The summed E-state index contributed by atoms with van der Waals surface area (Å²) in [6.07, 6.45) is 11.1. The fourth-order valence-corrected chi connectivity index (χ4v) is 2.78. The van der Waals surface area contributed by atoms with E-state index < -0.39 is 0 Å². The molecule has 0 aromatic rings. The lowest BCUT2D eigenvalue weighted by atomic mass is 9.92. The first-order chi connectivity index (χ1) is 5.95. The van der Waals surface area contributed by atoms with Gasteiger partial charge in [0, 0.05) is 24.2 Å². The zero-order chi connectivity index (χ0) is 7.97.